The van der Waals surface area contributed by atoms with Gasteiger partial charge in [-0.2, -0.15) is 5.26 Å². The van der Waals surface area contributed by atoms with Crippen molar-refractivity contribution >= 4 is 8.30 Å². The first kappa shape index (κ1) is 19.8. The van der Waals surface area contributed by atoms with Gasteiger partial charge in [-0.1, -0.05) is 32.6 Å². The van der Waals surface area contributed by atoms with Crippen molar-refractivity contribution in [1.82, 2.24) is 4.67 Å². The van der Waals surface area contributed by atoms with Crippen molar-refractivity contribution in [3.05, 3.63) is 0 Å². The van der Waals surface area contributed by atoms with E-state index in [1.807, 2.05) is 0 Å². The van der Waals surface area contributed by atoms with E-state index in [0.717, 1.165) is 19.2 Å². The molecule has 0 radical (unpaired) electrons. The Hall–Kier alpha value is -0.160. The van der Waals surface area contributed by atoms with Crippen LogP contribution in [0.3, 0.4) is 0 Å². The molecule has 1 unspecified atom stereocenters. The van der Waals surface area contributed by atoms with Gasteiger partial charge in [-0.15, -0.1) is 0 Å². The van der Waals surface area contributed by atoms with Gasteiger partial charge < -0.3 is 4.52 Å². The fourth-order valence-electron chi connectivity index (χ4n) is 2.38. The van der Waals surface area contributed by atoms with Crippen LogP contribution in [0, 0.1) is 11.3 Å². The minimum atomic E-state index is -0.623. The molecule has 0 aliphatic carbocycles. The molecule has 0 aliphatic heterocycles. The molecule has 0 fully saturated rings. The topological polar surface area (TPSA) is 36.3 Å². The Kier molecular flexibility index (Phi) is 12.5. The summed E-state index contributed by atoms with van der Waals surface area (Å²) < 4.78 is 8.59. The van der Waals surface area contributed by atoms with Gasteiger partial charge in [0.1, 0.15) is 8.30 Å². The zero-order valence-electron chi connectivity index (χ0n) is 14.1. The Bertz CT molecular complexity index is 256. The summed E-state index contributed by atoms with van der Waals surface area (Å²) in [6.07, 6.45) is 7.80. The molecule has 0 spiro atoms. The normalized spacial score (nSPS) is 13.2. The Morgan fingerprint density at radius 1 is 1.05 bits per heavy atom. The third-order valence-corrected chi connectivity index (χ3v) is 5.74. The van der Waals surface area contributed by atoms with E-state index < -0.39 is 8.30 Å². The lowest BCUT2D eigenvalue weighted by Crippen LogP contribution is -2.33. The lowest BCUT2D eigenvalue weighted by molar-refractivity contribution is 0.249. The van der Waals surface area contributed by atoms with E-state index in [1.54, 1.807) is 0 Å². The van der Waals surface area contributed by atoms with E-state index >= 15 is 0 Å². The second-order valence-electron chi connectivity index (χ2n) is 5.80. The van der Waals surface area contributed by atoms with Crippen molar-refractivity contribution in [2.24, 2.45) is 0 Å². The van der Waals surface area contributed by atoms with Crippen LogP contribution in [-0.4, -0.2) is 29.5 Å². The van der Waals surface area contributed by atoms with Crippen molar-refractivity contribution in [2.45, 2.75) is 85.2 Å². The second-order valence-corrected chi connectivity index (χ2v) is 7.67. The molecule has 118 valence electrons. The standard InChI is InChI=1S/C16H33N2OP/c1-6-7-8-9-10-13-19-20(14-11-12-17)18(15(2)3)16(4)5/h15-16H,6-11,13-14H2,1-5H3. The molecule has 0 amide bonds. The summed E-state index contributed by atoms with van der Waals surface area (Å²) in [6.45, 7) is 11.9. The minimum Gasteiger partial charge on any atom is -0.343 e. The van der Waals surface area contributed by atoms with Gasteiger partial charge in [-0.05, 0) is 34.1 Å². The van der Waals surface area contributed by atoms with Crippen LogP contribution < -0.4 is 0 Å². The second kappa shape index (κ2) is 12.6. The van der Waals surface area contributed by atoms with Crippen molar-refractivity contribution in [2.75, 3.05) is 12.8 Å². The van der Waals surface area contributed by atoms with Gasteiger partial charge in [0.05, 0.1) is 12.7 Å². The molecular formula is C16H33N2OP. The van der Waals surface area contributed by atoms with Crippen LogP contribution in [0.25, 0.3) is 0 Å². The maximum absolute atomic E-state index is 8.83. The molecule has 0 saturated carbocycles. The van der Waals surface area contributed by atoms with E-state index in [0.29, 0.717) is 18.5 Å². The van der Waals surface area contributed by atoms with Crippen LogP contribution in [0.15, 0.2) is 0 Å². The van der Waals surface area contributed by atoms with Gasteiger partial charge in [0.15, 0.2) is 0 Å². The molecule has 0 aromatic heterocycles. The molecule has 0 N–H and O–H groups in total. The number of hydrogen-bond donors (Lipinski definition) is 0. The van der Waals surface area contributed by atoms with Crippen LogP contribution in [0.4, 0.5) is 0 Å². The average Bonchev–Trinajstić information content (AvgIpc) is 2.38. The van der Waals surface area contributed by atoms with Crippen molar-refractivity contribution < 1.29 is 4.52 Å². The highest BCUT2D eigenvalue weighted by atomic mass is 31.2. The van der Waals surface area contributed by atoms with E-state index in [4.69, 9.17) is 9.79 Å². The van der Waals surface area contributed by atoms with Gasteiger partial charge in [0, 0.05) is 24.7 Å². The molecule has 3 nitrogen and oxygen atoms in total. The SMILES string of the molecule is CCCCCCCOP(CCC#N)N(C(C)C)C(C)C. The Morgan fingerprint density at radius 3 is 2.15 bits per heavy atom. The lowest BCUT2D eigenvalue weighted by Gasteiger charge is -2.37. The molecule has 20 heavy (non-hydrogen) atoms. The van der Waals surface area contributed by atoms with Crippen LogP contribution in [0.1, 0.15) is 73.1 Å². The fourth-order valence-corrected chi connectivity index (χ4v) is 4.53. The first-order chi connectivity index (χ1) is 9.54. The predicted molar refractivity (Wildman–Crippen MR) is 88.8 cm³/mol. The zero-order chi connectivity index (χ0) is 15.4. The van der Waals surface area contributed by atoms with Crippen LogP contribution in [0.5, 0.6) is 0 Å². The number of nitrogens with zero attached hydrogens (tertiary/aromatic N) is 2. The Balaban J connectivity index is 4.22. The van der Waals surface area contributed by atoms with Crippen LogP contribution >= 0.6 is 8.30 Å². The summed E-state index contributed by atoms with van der Waals surface area (Å²) in [7, 11) is -0.623. The van der Waals surface area contributed by atoms with Crippen molar-refractivity contribution in [3.63, 3.8) is 0 Å². The van der Waals surface area contributed by atoms with Gasteiger partial charge in [-0.25, -0.2) is 0 Å². The Labute approximate surface area is 127 Å². The van der Waals surface area contributed by atoms with Crippen molar-refractivity contribution in [1.29, 1.82) is 5.26 Å². The summed E-state index contributed by atoms with van der Waals surface area (Å²) in [4.78, 5) is 0. The number of rotatable bonds is 12. The van der Waals surface area contributed by atoms with Gasteiger partial charge in [0.2, 0.25) is 0 Å². The summed E-state index contributed by atoms with van der Waals surface area (Å²) in [6, 6.07) is 3.20. The minimum absolute atomic E-state index is 0.472. The first-order valence-electron chi connectivity index (χ1n) is 8.10. The van der Waals surface area contributed by atoms with Crippen molar-refractivity contribution in [3.8, 4) is 6.07 Å². The number of hydrogen-bond acceptors (Lipinski definition) is 3. The lowest BCUT2D eigenvalue weighted by atomic mass is 10.2. The quantitative estimate of drug-likeness (QED) is 0.361. The third kappa shape index (κ3) is 8.90. The molecular weight excluding hydrogens is 267 g/mol. The maximum Gasteiger partial charge on any atom is 0.105 e. The van der Waals surface area contributed by atoms with Gasteiger partial charge in [-0.3, -0.25) is 4.67 Å². The summed E-state index contributed by atoms with van der Waals surface area (Å²) in [5.41, 5.74) is 0. The molecule has 0 aromatic carbocycles. The molecule has 0 saturated heterocycles. The first-order valence-corrected chi connectivity index (χ1v) is 9.50. The van der Waals surface area contributed by atoms with Crippen LogP contribution in [-0.2, 0) is 4.52 Å². The zero-order valence-corrected chi connectivity index (χ0v) is 15.0. The number of nitriles is 1. The van der Waals surface area contributed by atoms with Gasteiger partial charge >= 0.3 is 0 Å². The third-order valence-electron chi connectivity index (χ3n) is 3.22. The predicted octanol–water partition coefficient (Wildman–Crippen LogP) is 5.32. The smallest absolute Gasteiger partial charge is 0.105 e. The maximum atomic E-state index is 8.83. The highest BCUT2D eigenvalue weighted by Crippen LogP contribution is 2.45. The molecule has 0 rings (SSSR count). The summed E-state index contributed by atoms with van der Waals surface area (Å²) in [5.74, 6) is 0. The van der Waals surface area contributed by atoms with Gasteiger partial charge in [0.25, 0.3) is 0 Å². The van der Waals surface area contributed by atoms with E-state index in [9.17, 15) is 0 Å². The number of unbranched alkanes of at least 4 members (excludes halogenated alkanes) is 4. The summed E-state index contributed by atoms with van der Waals surface area (Å²) >= 11 is 0. The summed E-state index contributed by atoms with van der Waals surface area (Å²) in [5, 5.41) is 8.83. The largest absolute Gasteiger partial charge is 0.343 e. The molecule has 0 bridgehead atoms. The molecule has 1 atom stereocenters. The van der Waals surface area contributed by atoms with E-state index in [-0.39, 0.29) is 0 Å². The Morgan fingerprint density at radius 2 is 1.65 bits per heavy atom. The highest BCUT2D eigenvalue weighted by molar-refractivity contribution is 7.50. The highest BCUT2D eigenvalue weighted by Gasteiger charge is 2.24. The fraction of sp³-hybridized carbons (Fsp3) is 0.938. The molecule has 0 aliphatic rings. The monoisotopic (exact) mass is 300 g/mol. The van der Waals surface area contributed by atoms with Crippen LogP contribution in [0.2, 0.25) is 0 Å². The molecule has 0 heterocycles. The molecule has 0 aromatic rings. The molecule has 4 heteroatoms. The van der Waals surface area contributed by atoms with E-state index in [2.05, 4.69) is 45.4 Å². The van der Waals surface area contributed by atoms with E-state index in [1.165, 1.54) is 25.7 Å². The average molecular weight is 300 g/mol.